The van der Waals surface area contributed by atoms with Crippen molar-refractivity contribution in [1.29, 1.82) is 0 Å². The van der Waals surface area contributed by atoms with Gasteiger partial charge in [0.1, 0.15) is 0 Å². The lowest BCUT2D eigenvalue weighted by Gasteiger charge is -1.86. The molecular weight excluding hydrogens is 124 g/mol. The van der Waals surface area contributed by atoms with Gasteiger partial charge in [-0.1, -0.05) is 20.3 Å². The van der Waals surface area contributed by atoms with Gasteiger partial charge in [-0.3, -0.25) is 0 Å². The van der Waals surface area contributed by atoms with Gasteiger partial charge in [0.15, 0.2) is 0 Å². The Morgan fingerprint density at radius 1 is 1.40 bits per heavy atom. The Labute approximate surface area is 63.1 Å². The van der Waals surface area contributed by atoms with Gasteiger partial charge in [0.05, 0.1) is 0 Å². The normalized spacial score (nSPS) is 12.9. The fourth-order valence-corrected chi connectivity index (χ4v) is 0.397. The Kier molecular flexibility index (Phi) is 6.03. The van der Waals surface area contributed by atoms with Crippen LogP contribution in [0.5, 0.6) is 0 Å². The highest BCUT2D eigenvalue weighted by Gasteiger charge is 1.80. The van der Waals surface area contributed by atoms with Crippen LogP contribution in [0.1, 0.15) is 40.0 Å². The summed E-state index contributed by atoms with van der Waals surface area (Å²) in [4.78, 5) is 0. The molecule has 0 rings (SSSR count). The zero-order chi connectivity index (χ0) is 7.82. The van der Waals surface area contributed by atoms with Crippen LogP contribution in [0.3, 0.4) is 0 Å². The van der Waals surface area contributed by atoms with Crippen LogP contribution in [0, 0.1) is 0 Å². The van der Waals surface area contributed by atoms with E-state index in [1.54, 1.807) is 0 Å². The van der Waals surface area contributed by atoms with Crippen molar-refractivity contribution in [2.75, 3.05) is 0 Å². The zero-order valence-electron chi connectivity index (χ0n) is 7.09. The molecule has 58 valence electrons. The number of unbranched alkanes of at least 4 members (excludes halogenated alkanes) is 1. The summed E-state index contributed by atoms with van der Waals surface area (Å²) < 4.78 is 0. The monoisotopic (exact) mass is 140 g/mol. The third-order valence-electron chi connectivity index (χ3n) is 1.24. The van der Waals surface area contributed by atoms with Gasteiger partial charge in [-0.05, 0) is 19.8 Å². The molecule has 0 aliphatic heterocycles. The summed E-state index contributed by atoms with van der Waals surface area (Å²) in [5.41, 5.74) is 1.09. The standard InChI is InChI=1S/C8H16N2/c1-4-6-7-9-10-8(3)5-2/h7H,4-6H2,1-3H3/b9-7-,10-8+. The van der Waals surface area contributed by atoms with Crippen molar-refractivity contribution in [3.8, 4) is 0 Å². The lowest BCUT2D eigenvalue weighted by molar-refractivity contribution is 0.999. The highest BCUT2D eigenvalue weighted by Crippen LogP contribution is 1.86. The lowest BCUT2D eigenvalue weighted by Crippen LogP contribution is -1.84. The highest BCUT2D eigenvalue weighted by atomic mass is 15.2. The van der Waals surface area contributed by atoms with Crippen molar-refractivity contribution < 1.29 is 0 Å². The molecule has 0 atom stereocenters. The van der Waals surface area contributed by atoms with E-state index >= 15 is 0 Å². The SMILES string of the molecule is CCC/C=N\N=C(/C)CC. The van der Waals surface area contributed by atoms with Crippen LogP contribution in [0.2, 0.25) is 0 Å². The number of hydrogen-bond acceptors (Lipinski definition) is 2. The molecule has 10 heavy (non-hydrogen) atoms. The third-order valence-corrected chi connectivity index (χ3v) is 1.24. The minimum Gasteiger partial charge on any atom is -0.164 e. The molecule has 0 aromatic carbocycles. The van der Waals surface area contributed by atoms with Crippen LogP contribution in [-0.2, 0) is 0 Å². The van der Waals surface area contributed by atoms with E-state index in [1.165, 1.54) is 0 Å². The predicted molar refractivity (Wildman–Crippen MR) is 46.8 cm³/mol. The number of rotatable bonds is 4. The van der Waals surface area contributed by atoms with E-state index in [4.69, 9.17) is 0 Å². The molecule has 0 unspecified atom stereocenters. The van der Waals surface area contributed by atoms with Crippen molar-refractivity contribution in [3.05, 3.63) is 0 Å². The van der Waals surface area contributed by atoms with E-state index in [0.29, 0.717) is 0 Å². The van der Waals surface area contributed by atoms with Crippen LogP contribution in [0.4, 0.5) is 0 Å². The first-order valence-corrected chi connectivity index (χ1v) is 3.86. The Morgan fingerprint density at radius 3 is 2.60 bits per heavy atom. The molecule has 0 radical (unpaired) electrons. The van der Waals surface area contributed by atoms with Crippen LogP contribution >= 0.6 is 0 Å². The summed E-state index contributed by atoms with van der Waals surface area (Å²) in [5, 5.41) is 7.86. The minimum absolute atomic E-state index is 0.990. The van der Waals surface area contributed by atoms with E-state index in [-0.39, 0.29) is 0 Å². The molecule has 0 aromatic heterocycles. The Bertz CT molecular complexity index is 125. The summed E-state index contributed by atoms with van der Waals surface area (Å²) in [7, 11) is 0. The molecule has 0 bridgehead atoms. The van der Waals surface area contributed by atoms with E-state index in [2.05, 4.69) is 24.1 Å². The Hall–Kier alpha value is -0.660. The molecule has 2 nitrogen and oxygen atoms in total. The van der Waals surface area contributed by atoms with E-state index in [0.717, 1.165) is 25.0 Å². The zero-order valence-corrected chi connectivity index (χ0v) is 7.09. The quantitative estimate of drug-likeness (QED) is 0.423. The average molecular weight is 140 g/mol. The molecule has 0 fully saturated rings. The Morgan fingerprint density at radius 2 is 2.10 bits per heavy atom. The second-order valence-corrected chi connectivity index (χ2v) is 2.28. The molecule has 0 saturated carbocycles. The topological polar surface area (TPSA) is 24.7 Å². The smallest absolute Gasteiger partial charge is 0.0372 e. The largest absolute Gasteiger partial charge is 0.164 e. The van der Waals surface area contributed by atoms with Crippen molar-refractivity contribution in [2.45, 2.75) is 40.0 Å². The van der Waals surface area contributed by atoms with E-state index in [1.807, 2.05) is 13.1 Å². The summed E-state index contributed by atoms with van der Waals surface area (Å²) >= 11 is 0. The first-order valence-electron chi connectivity index (χ1n) is 3.86. The first-order chi connectivity index (χ1) is 4.81. The summed E-state index contributed by atoms with van der Waals surface area (Å²) in [6.07, 6.45) is 5.02. The second-order valence-electron chi connectivity index (χ2n) is 2.28. The van der Waals surface area contributed by atoms with Crippen molar-refractivity contribution >= 4 is 11.9 Å². The van der Waals surface area contributed by atoms with Gasteiger partial charge in [-0.25, -0.2) is 0 Å². The fraction of sp³-hybridized carbons (Fsp3) is 0.750. The van der Waals surface area contributed by atoms with Gasteiger partial charge in [-0.2, -0.15) is 10.2 Å². The van der Waals surface area contributed by atoms with Crippen LogP contribution in [0.15, 0.2) is 10.2 Å². The third kappa shape index (κ3) is 5.48. The van der Waals surface area contributed by atoms with Gasteiger partial charge < -0.3 is 0 Å². The molecule has 0 N–H and O–H groups in total. The van der Waals surface area contributed by atoms with Crippen LogP contribution in [0.25, 0.3) is 0 Å². The van der Waals surface area contributed by atoms with Crippen molar-refractivity contribution in [1.82, 2.24) is 0 Å². The summed E-state index contributed by atoms with van der Waals surface area (Å²) in [6.45, 7) is 6.19. The molecule has 0 aromatic rings. The maximum atomic E-state index is 3.97. The molecule has 0 heterocycles. The molecule has 0 aliphatic rings. The first kappa shape index (κ1) is 9.34. The van der Waals surface area contributed by atoms with Gasteiger partial charge in [0.25, 0.3) is 0 Å². The van der Waals surface area contributed by atoms with Crippen molar-refractivity contribution in [3.63, 3.8) is 0 Å². The summed E-state index contributed by atoms with van der Waals surface area (Å²) in [6, 6.07) is 0. The second kappa shape index (κ2) is 6.46. The molecule has 0 saturated heterocycles. The number of hydrogen-bond donors (Lipinski definition) is 0. The molecule has 0 amide bonds. The highest BCUT2D eigenvalue weighted by molar-refractivity contribution is 5.81. The van der Waals surface area contributed by atoms with Gasteiger partial charge >= 0.3 is 0 Å². The van der Waals surface area contributed by atoms with E-state index < -0.39 is 0 Å². The van der Waals surface area contributed by atoms with Crippen LogP contribution < -0.4 is 0 Å². The molecule has 2 heteroatoms. The summed E-state index contributed by atoms with van der Waals surface area (Å²) in [5.74, 6) is 0. The molecular formula is C8H16N2. The van der Waals surface area contributed by atoms with Crippen LogP contribution in [-0.4, -0.2) is 11.9 Å². The number of nitrogens with zero attached hydrogens (tertiary/aromatic N) is 2. The lowest BCUT2D eigenvalue weighted by atomic mass is 10.3. The minimum atomic E-state index is 0.990. The van der Waals surface area contributed by atoms with Gasteiger partial charge in [-0.15, -0.1) is 0 Å². The average Bonchev–Trinajstić information content (AvgIpc) is 1.98. The van der Waals surface area contributed by atoms with Crippen molar-refractivity contribution in [2.24, 2.45) is 10.2 Å². The molecule has 0 spiro atoms. The maximum Gasteiger partial charge on any atom is 0.0372 e. The Balaban J connectivity index is 3.49. The molecule has 0 aliphatic carbocycles. The maximum absolute atomic E-state index is 3.97. The van der Waals surface area contributed by atoms with E-state index in [9.17, 15) is 0 Å². The van der Waals surface area contributed by atoms with Gasteiger partial charge in [0, 0.05) is 11.9 Å². The fourth-order valence-electron chi connectivity index (χ4n) is 0.397. The predicted octanol–water partition coefficient (Wildman–Crippen LogP) is 2.64. The van der Waals surface area contributed by atoms with Gasteiger partial charge in [0.2, 0.25) is 0 Å².